The van der Waals surface area contributed by atoms with Crippen LogP contribution in [0.25, 0.3) is 4.91 Å². The van der Waals surface area contributed by atoms with Gasteiger partial charge in [-0.05, 0) is 18.2 Å². The molecule has 1 aromatic carbocycles. The molecule has 1 aliphatic rings. The molecule has 1 aliphatic heterocycles. The van der Waals surface area contributed by atoms with Gasteiger partial charge < -0.3 is 9.84 Å². The molecule has 2 rings (SSSR count). The number of thiol groups is 1. The number of fused-ring (bicyclic) bond motifs is 1. The van der Waals surface area contributed by atoms with Gasteiger partial charge in [0.2, 0.25) is 0 Å². The molecule has 1 N–H and O–H groups in total. The molecule has 66 valence electrons. The van der Waals surface area contributed by atoms with Crippen LogP contribution in [0, 0.1) is 0 Å². The highest BCUT2D eigenvalue weighted by Crippen LogP contribution is 2.36. The van der Waals surface area contributed by atoms with Crippen LogP contribution in [0.4, 0.5) is 0 Å². The van der Waals surface area contributed by atoms with Crippen LogP contribution in [0.1, 0.15) is 5.56 Å². The Kier molecular flexibility index (Phi) is 1.81. The van der Waals surface area contributed by atoms with Gasteiger partial charge in [-0.1, -0.05) is 6.58 Å². The second-order valence-electron chi connectivity index (χ2n) is 2.78. The number of benzene rings is 1. The van der Waals surface area contributed by atoms with Gasteiger partial charge in [-0.15, -0.1) is 12.6 Å². The van der Waals surface area contributed by atoms with Crippen molar-refractivity contribution < 1.29 is 9.84 Å². The maximum absolute atomic E-state index is 9.21. The van der Waals surface area contributed by atoms with Crippen molar-refractivity contribution in [2.75, 3.05) is 0 Å². The second kappa shape index (κ2) is 2.85. The third-order valence-corrected chi connectivity index (χ3v) is 2.15. The molecule has 3 heteroatoms. The van der Waals surface area contributed by atoms with Crippen molar-refractivity contribution in [3.05, 3.63) is 42.2 Å². The minimum absolute atomic E-state index is 0.176. The van der Waals surface area contributed by atoms with Crippen LogP contribution in [-0.4, -0.2) is 5.11 Å². The Morgan fingerprint density at radius 1 is 1.38 bits per heavy atom. The van der Waals surface area contributed by atoms with Crippen molar-refractivity contribution in [3.63, 3.8) is 0 Å². The molecule has 0 aliphatic carbocycles. The van der Waals surface area contributed by atoms with Crippen molar-refractivity contribution in [1.82, 2.24) is 0 Å². The average molecular weight is 192 g/mol. The van der Waals surface area contributed by atoms with Crippen LogP contribution >= 0.6 is 12.6 Å². The molecule has 0 radical (unpaired) electrons. The third kappa shape index (κ3) is 1.42. The summed E-state index contributed by atoms with van der Waals surface area (Å²) < 4.78 is 5.30. The van der Waals surface area contributed by atoms with Crippen molar-refractivity contribution in [3.8, 4) is 11.5 Å². The van der Waals surface area contributed by atoms with E-state index in [9.17, 15) is 5.11 Å². The molecule has 0 unspecified atom stereocenters. The lowest BCUT2D eigenvalue weighted by Gasteiger charge is -2.16. The summed E-state index contributed by atoms with van der Waals surface area (Å²) in [5.41, 5.74) is 0.869. The van der Waals surface area contributed by atoms with E-state index < -0.39 is 0 Å². The van der Waals surface area contributed by atoms with E-state index in [-0.39, 0.29) is 5.75 Å². The molecule has 0 saturated heterocycles. The first-order chi connectivity index (χ1) is 6.16. The van der Waals surface area contributed by atoms with Gasteiger partial charge in [-0.2, -0.15) is 0 Å². The molecule has 0 amide bonds. The topological polar surface area (TPSA) is 29.5 Å². The fourth-order valence-electron chi connectivity index (χ4n) is 1.21. The van der Waals surface area contributed by atoms with Gasteiger partial charge in [0, 0.05) is 16.5 Å². The zero-order chi connectivity index (χ0) is 9.42. The van der Waals surface area contributed by atoms with E-state index in [1.165, 1.54) is 0 Å². The van der Waals surface area contributed by atoms with Crippen LogP contribution in [0.3, 0.4) is 0 Å². The highest BCUT2D eigenvalue weighted by molar-refractivity contribution is 7.90. The molecule has 13 heavy (non-hydrogen) atoms. The molecule has 0 atom stereocenters. The van der Waals surface area contributed by atoms with E-state index in [4.69, 9.17) is 4.74 Å². The number of allylic oxidation sites excluding steroid dienone is 1. The summed E-state index contributed by atoms with van der Waals surface area (Å²) in [5.74, 6) is 1.30. The van der Waals surface area contributed by atoms with E-state index in [2.05, 4.69) is 19.2 Å². The first-order valence-electron chi connectivity index (χ1n) is 3.77. The third-order valence-electron chi connectivity index (χ3n) is 1.78. The number of phenolic OH excluding ortho intramolecular Hbond substituents is 1. The van der Waals surface area contributed by atoms with Crippen LogP contribution in [0.15, 0.2) is 36.6 Å². The van der Waals surface area contributed by atoms with Gasteiger partial charge in [0.15, 0.2) is 0 Å². The lowest BCUT2D eigenvalue weighted by Crippen LogP contribution is -1.99. The van der Waals surface area contributed by atoms with Crippen LogP contribution in [0.5, 0.6) is 11.5 Å². The van der Waals surface area contributed by atoms with Gasteiger partial charge in [0.25, 0.3) is 0 Å². The minimum Gasteiger partial charge on any atom is -0.508 e. The maximum Gasteiger partial charge on any atom is 0.139 e. The lowest BCUT2D eigenvalue weighted by atomic mass is 10.1. The summed E-state index contributed by atoms with van der Waals surface area (Å²) >= 11 is 4.27. The highest BCUT2D eigenvalue weighted by Gasteiger charge is 2.13. The van der Waals surface area contributed by atoms with E-state index in [0.29, 0.717) is 11.5 Å². The standard InChI is InChI=1S/C10H8O2S/c1-6-4-10(13)8-3-2-7(11)5-9(8)12-6/h2-5,11,13H,1H2. The maximum atomic E-state index is 9.21. The quantitative estimate of drug-likeness (QED) is 0.619. The second-order valence-corrected chi connectivity index (χ2v) is 3.26. The Labute approximate surface area is 81.6 Å². The first kappa shape index (κ1) is 8.26. The Morgan fingerprint density at radius 2 is 2.15 bits per heavy atom. The number of rotatable bonds is 0. The van der Waals surface area contributed by atoms with Gasteiger partial charge in [0.1, 0.15) is 17.3 Å². The fourth-order valence-corrected chi connectivity index (χ4v) is 1.54. The summed E-state index contributed by atoms with van der Waals surface area (Å²) in [6, 6.07) is 4.90. The normalized spacial score (nSPS) is 14.5. The molecular weight excluding hydrogens is 184 g/mol. The SMILES string of the molecule is C=C1C=C(S)c2ccc(O)cc2O1. The molecule has 0 aromatic heterocycles. The number of phenols is 1. The average Bonchev–Trinajstić information content (AvgIpc) is 2.02. The Morgan fingerprint density at radius 3 is 2.92 bits per heavy atom. The number of aromatic hydroxyl groups is 1. The fraction of sp³-hybridized carbons (Fsp3) is 0. The van der Waals surface area contributed by atoms with E-state index in [1.54, 1.807) is 24.3 Å². The number of hydrogen-bond acceptors (Lipinski definition) is 3. The number of ether oxygens (including phenoxy) is 1. The summed E-state index contributed by atoms with van der Waals surface area (Å²) in [4.78, 5) is 0.797. The molecule has 2 nitrogen and oxygen atoms in total. The van der Waals surface area contributed by atoms with E-state index in [1.807, 2.05) is 0 Å². The summed E-state index contributed by atoms with van der Waals surface area (Å²) in [7, 11) is 0. The zero-order valence-electron chi connectivity index (χ0n) is 6.82. The predicted octanol–water partition coefficient (Wildman–Crippen LogP) is 2.57. The Bertz CT molecular complexity index is 407. The van der Waals surface area contributed by atoms with Gasteiger partial charge in [0.05, 0.1) is 0 Å². The van der Waals surface area contributed by atoms with Crippen molar-refractivity contribution in [2.45, 2.75) is 0 Å². The Balaban J connectivity index is 2.60. The highest BCUT2D eigenvalue weighted by atomic mass is 32.1. The van der Waals surface area contributed by atoms with Gasteiger partial charge in [-0.3, -0.25) is 0 Å². The number of hydrogen-bond donors (Lipinski definition) is 2. The largest absolute Gasteiger partial charge is 0.508 e. The predicted molar refractivity (Wildman–Crippen MR) is 54.8 cm³/mol. The molecule has 1 heterocycles. The van der Waals surface area contributed by atoms with Crippen LogP contribution < -0.4 is 4.74 Å². The lowest BCUT2D eigenvalue weighted by molar-refractivity contribution is 0.430. The van der Waals surface area contributed by atoms with Crippen LogP contribution in [-0.2, 0) is 0 Å². The van der Waals surface area contributed by atoms with E-state index >= 15 is 0 Å². The molecule has 1 aromatic rings. The van der Waals surface area contributed by atoms with Gasteiger partial charge >= 0.3 is 0 Å². The summed E-state index contributed by atoms with van der Waals surface area (Å²) in [6.45, 7) is 3.66. The van der Waals surface area contributed by atoms with Crippen molar-refractivity contribution in [1.29, 1.82) is 0 Å². The monoisotopic (exact) mass is 192 g/mol. The molecule has 0 bridgehead atoms. The van der Waals surface area contributed by atoms with E-state index in [0.717, 1.165) is 10.5 Å². The summed E-state index contributed by atoms with van der Waals surface area (Å²) in [6.07, 6.45) is 1.74. The minimum atomic E-state index is 0.176. The summed E-state index contributed by atoms with van der Waals surface area (Å²) in [5, 5.41) is 9.21. The van der Waals surface area contributed by atoms with Gasteiger partial charge in [-0.25, -0.2) is 0 Å². The van der Waals surface area contributed by atoms with Crippen molar-refractivity contribution in [2.24, 2.45) is 0 Å². The zero-order valence-corrected chi connectivity index (χ0v) is 7.71. The van der Waals surface area contributed by atoms with Crippen molar-refractivity contribution >= 4 is 17.5 Å². The Hall–Kier alpha value is -1.35. The first-order valence-corrected chi connectivity index (χ1v) is 4.22. The van der Waals surface area contributed by atoms with Crippen LogP contribution in [0.2, 0.25) is 0 Å². The molecular formula is C10H8O2S. The molecule has 0 saturated carbocycles. The molecule has 0 fully saturated rings. The smallest absolute Gasteiger partial charge is 0.139 e. The molecule has 0 spiro atoms.